The van der Waals surface area contributed by atoms with Gasteiger partial charge in [-0.15, -0.1) is 0 Å². The van der Waals surface area contributed by atoms with Gasteiger partial charge in [0.05, 0.1) is 25.8 Å². The molecule has 2 rings (SSSR count). The Hall–Kier alpha value is -0.970. The molecule has 1 atom stereocenters. The maximum absolute atomic E-state index is 6.21. The molecule has 1 N–H and O–H groups in total. The van der Waals surface area contributed by atoms with Gasteiger partial charge in [-0.1, -0.05) is 11.6 Å². The number of ether oxygens (including phenoxy) is 3. The van der Waals surface area contributed by atoms with Crippen LogP contribution in [0.25, 0.3) is 0 Å². The monoisotopic (exact) mass is 299 g/mol. The molecular formula is C15H22ClNO3. The zero-order chi connectivity index (χ0) is 14.6. The van der Waals surface area contributed by atoms with Crippen molar-refractivity contribution in [2.45, 2.75) is 31.8 Å². The largest absolute Gasteiger partial charge is 0.493 e. The van der Waals surface area contributed by atoms with Gasteiger partial charge >= 0.3 is 0 Å². The molecular weight excluding hydrogens is 278 g/mol. The average molecular weight is 300 g/mol. The third-order valence-electron chi connectivity index (χ3n) is 3.65. The number of hydrogen-bond donors (Lipinski definition) is 1. The van der Waals surface area contributed by atoms with E-state index in [1.807, 2.05) is 12.1 Å². The number of nitrogens with one attached hydrogen (secondary N) is 1. The molecule has 0 radical (unpaired) electrons. The first-order valence-corrected chi connectivity index (χ1v) is 7.19. The molecule has 1 aliphatic heterocycles. The van der Waals surface area contributed by atoms with E-state index in [9.17, 15) is 0 Å². The van der Waals surface area contributed by atoms with Crippen LogP contribution in [0, 0.1) is 0 Å². The van der Waals surface area contributed by atoms with Crippen molar-refractivity contribution in [2.24, 2.45) is 0 Å². The summed E-state index contributed by atoms with van der Waals surface area (Å²) in [7, 11) is 3.20. The number of benzene rings is 1. The molecule has 1 heterocycles. The molecule has 0 spiro atoms. The van der Waals surface area contributed by atoms with Crippen LogP contribution >= 0.6 is 11.6 Å². The molecule has 0 amide bonds. The van der Waals surface area contributed by atoms with Crippen molar-refractivity contribution >= 4 is 11.6 Å². The SMILES string of the molecule is COc1cc(CNC2(C)CCCOC2)cc(Cl)c1OC. The Morgan fingerprint density at radius 3 is 2.75 bits per heavy atom. The number of methoxy groups -OCH3 is 2. The smallest absolute Gasteiger partial charge is 0.179 e. The van der Waals surface area contributed by atoms with Crippen LogP contribution in [-0.4, -0.2) is 33.0 Å². The molecule has 1 aromatic carbocycles. The minimum atomic E-state index is 0.0257. The summed E-state index contributed by atoms with van der Waals surface area (Å²) in [6.45, 7) is 4.52. The predicted molar refractivity (Wildman–Crippen MR) is 79.9 cm³/mol. The lowest BCUT2D eigenvalue weighted by molar-refractivity contribution is 0.0278. The van der Waals surface area contributed by atoms with E-state index < -0.39 is 0 Å². The van der Waals surface area contributed by atoms with Crippen molar-refractivity contribution in [2.75, 3.05) is 27.4 Å². The van der Waals surface area contributed by atoms with Crippen molar-refractivity contribution < 1.29 is 14.2 Å². The quantitative estimate of drug-likeness (QED) is 0.907. The first kappa shape index (κ1) is 15.4. The third-order valence-corrected chi connectivity index (χ3v) is 3.93. The van der Waals surface area contributed by atoms with E-state index in [0.29, 0.717) is 16.5 Å². The molecule has 1 aliphatic rings. The number of halogens is 1. The topological polar surface area (TPSA) is 39.7 Å². The third kappa shape index (κ3) is 3.57. The predicted octanol–water partition coefficient (Wildman–Crippen LogP) is 3.02. The number of hydrogen-bond acceptors (Lipinski definition) is 4. The summed E-state index contributed by atoms with van der Waals surface area (Å²) in [5, 5.41) is 4.11. The molecule has 0 bridgehead atoms. The Bertz CT molecular complexity index is 459. The van der Waals surface area contributed by atoms with Crippen LogP contribution in [-0.2, 0) is 11.3 Å². The van der Waals surface area contributed by atoms with Crippen molar-refractivity contribution in [3.63, 3.8) is 0 Å². The summed E-state index contributed by atoms with van der Waals surface area (Å²) < 4.78 is 16.1. The molecule has 5 heteroatoms. The molecule has 4 nitrogen and oxygen atoms in total. The molecule has 20 heavy (non-hydrogen) atoms. The van der Waals surface area contributed by atoms with Gasteiger partial charge in [0.25, 0.3) is 0 Å². The van der Waals surface area contributed by atoms with Crippen LogP contribution in [0.3, 0.4) is 0 Å². The summed E-state index contributed by atoms with van der Waals surface area (Å²) in [4.78, 5) is 0. The van der Waals surface area contributed by atoms with Crippen LogP contribution in [0.2, 0.25) is 5.02 Å². The minimum absolute atomic E-state index is 0.0257. The van der Waals surface area contributed by atoms with Crippen molar-refractivity contribution in [1.29, 1.82) is 0 Å². The fourth-order valence-electron chi connectivity index (χ4n) is 2.46. The first-order chi connectivity index (χ1) is 9.58. The van der Waals surface area contributed by atoms with E-state index in [-0.39, 0.29) is 5.54 Å². The Kier molecular flexibility index (Phi) is 5.13. The van der Waals surface area contributed by atoms with Crippen LogP contribution in [0.1, 0.15) is 25.3 Å². The van der Waals surface area contributed by atoms with Crippen molar-refractivity contribution in [3.05, 3.63) is 22.7 Å². The first-order valence-electron chi connectivity index (χ1n) is 6.81. The fourth-order valence-corrected chi connectivity index (χ4v) is 2.77. The Morgan fingerprint density at radius 1 is 1.35 bits per heavy atom. The second kappa shape index (κ2) is 6.66. The molecule has 1 unspecified atom stereocenters. The highest BCUT2D eigenvalue weighted by atomic mass is 35.5. The Morgan fingerprint density at radius 2 is 2.15 bits per heavy atom. The second-order valence-corrected chi connectivity index (χ2v) is 5.79. The van der Waals surface area contributed by atoms with Crippen LogP contribution in [0.4, 0.5) is 0 Å². The van der Waals surface area contributed by atoms with Gasteiger partial charge in [0.2, 0.25) is 0 Å². The van der Waals surface area contributed by atoms with Crippen LogP contribution in [0.15, 0.2) is 12.1 Å². The molecule has 112 valence electrons. The maximum Gasteiger partial charge on any atom is 0.179 e. The van der Waals surface area contributed by atoms with E-state index in [4.69, 9.17) is 25.8 Å². The highest BCUT2D eigenvalue weighted by Gasteiger charge is 2.26. The molecule has 0 aromatic heterocycles. The van der Waals surface area contributed by atoms with Gasteiger partial charge in [0.1, 0.15) is 0 Å². The van der Waals surface area contributed by atoms with Gasteiger partial charge < -0.3 is 19.5 Å². The van der Waals surface area contributed by atoms with Crippen molar-refractivity contribution in [1.82, 2.24) is 5.32 Å². The van der Waals surface area contributed by atoms with Crippen LogP contribution in [0.5, 0.6) is 11.5 Å². The summed E-state index contributed by atoms with van der Waals surface area (Å²) >= 11 is 6.21. The van der Waals surface area contributed by atoms with E-state index in [1.165, 1.54) is 0 Å². The van der Waals surface area contributed by atoms with Crippen LogP contribution < -0.4 is 14.8 Å². The van der Waals surface area contributed by atoms with Gasteiger partial charge in [-0.3, -0.25) is 0 Å². The van der Waals surface area contributed by atoms with Gasteiger partial charge in [-0.2, -0.15) is 0 Å². The zero-order valence-electron chi connectivity index (χ0n) is 12.3. The maximum atomic E-state index is 6.21. The summed E-state index contributed by atoms with van der Waals surface area (Å²) in [6, 6.07) is 3.85. The highest BCUT2D eigenvalue weighted by Crippen LogP contribution is 2.36. The summed E-state index contributed by atoms with van der Waals surface area (Å²) in [5.74, 6) is 1.23. The zero-order valence-corrected chi connectivity index (χ0v) is 13.0. The fraction of sp³-hybridized carbons (Fsp3) is 0.600. The molecule has 0 saturated carbocycles. The van der Waals surface area contributed by atoms with E-state index in [0.717, 1.165) is 38.2 Å². The van der Waals surface area contributed by atoms with E-state index in [2.05, 4.69) is 12.2 Å². The molecule has 1 saturated heterocycles. The molecule has 1 fully saturated rings. The summed E-state index contributed by atoms with van der Waals surface area (Å²) in [5.41, 5.74) is 1.09. The Balaban J connectivity index is 2.07. The average Bonchev–Trinajstić information content (AvgIpc) is 2.45. The molecule has 1 aromatic rings. The lowest BCUT2D eigenvalue weighted by Crippen LogP contribution is -2.48. The van der Waals surface area contributed by atoms with E-state index in [1.54, 1.807) is 14.2 Å². The van der Waals surface area contributed by atoms with Crippen molar-refractivity contribution in [3.8, 4) is 11.5 Å². The molecule has 0 aliphatic carbocycles. The lowest BCUT2D eigenvalue weighted by Gasteiger charge is -2.34. The lowest BCUT2D eigenvalue weighted by atomic mass is 9.94. The minimum Gasteiger partial charge on any atom is -0.493 e. The Labute approximate surface area is 125 Å². The van der Waals surface area contributed by atoms with E-state index >= 15 is 0 Å². The van der Waals surface area contributed by atoms with Gasteiger partial charge in [0.15, 0.2) is 11.5 Å². The summed E-state index contributed by atoms with van der Waals surface area (Å²) in [6.07, 6.45) is 2.21. The van der Waals surface area contributed by atoms with Gasteiger partial charge in [-0.05, 0) is 37.5 Å². The number of rotatable bonds is 5. The van der Waals surface area contributed by atoms with Gasteiger partial charge in [0, 0.05) is 18.7 Å². The standard InChI is InChI=1S/C15H22ClNO3/c1-15(5-4-6-20-10-15)17-9-11-7-12(16)14(19-3)13(8-11)18-2/h7-8,17H,4-6,9-10H2,1-3H3. The second-order valence-electron chi connectivity index (χ2n) is 5.38. The normalized spacial score (nSPS) is 22.6. The van der Waals surface area contributed by atoms with Gasteiger partial charge in [-0.25, -0.2) is 0 Å². The highest BCUT2D eigenvalue weighted by molar-refractivity contribution is 6.32.